The predicted octanol–water partition coefficient (Wildman–Crippen LogP) is 4.74. The van der Waals surface area contributed by atoms with Crippen molar-refractivity contribution in [3.8, 4) is 11.5 Å². The van der Waals surface area contributed by atoms with Crippen LogP contribution in [-0.2, 0) is 0 Å². The zero-order valence-electron chi connectivity index (χ0n) is 16.5. The van der Waals surface area contributed by atoms with Crippen LogP contribution >= 0.6 is 0 Å². The predicted molar refractivity (Wildman–Crippen MR) is 109 cm³/mol. The topological polar surface area (TPSA) is 76.7 Å². The average molecular weight is 384 g/mol. The van der Waals surface area contributed by atoms with Crippen molar-refractivity contribution in [3.05, 3.63) is 59.7 Å². The third kappa shape index (κ3) is 8.58. The summed E-state index contributed by atoms with van der Waals surface area (Å²) in [5, 5.41) is 5.47. The number of amides is 2. The number of aryl methyl sites for hydroxylation is 2. The number of carbonyl (C=O) groups is 2. The Kier molecular flexibility index (Phi) is 8.85. The van der Waals surface area contributed by atoms with Gasteiger partial charge in [-0.25, -0.2) is 9.59 Å². The van der Waals surface area contributed by atoms with Gasteiger partial charge in [0.2, 0.25) is 0 Å². The van der Waals surface area contributed by atoms with Crippen molar-refractivity contribution in [1.29, 1.82) is 0 Å². The lowest BCUT2D eigenvalue weighted by Gasteiger charge is -2.08. The Morgan fingerprint density at radius 1 is 0.643 bits per heavy atom. The molecule has 0 aliphatic heterocycles. The SMILES string of the molecule is Cc1ccc(OC(=O)NCCCCCCNC(=O)Oc2ccc(C)cc2)cc1. The van der Waals surface area contributed by atoms with E-state index in [1.807, 2.05) is 38.1 Å². The molecule has 2 amide bonds. The third-order valence-electron chi connectivity index (χ3n) is 4.11. The highest BCUT2D eigenvalue weighted by atomic mass is 16.6. The van der Waals surface area contributed by atoms with E-state index in [9.17, 15) is 9.59 Å². The minimum absolute atomic E-state index is 0.440. The lowest BCUT2D eigenvalue weighted by Crippen LogP contribution is -2.28. The van der Waals surface area contributed by atoms with Gasteiger partial charge in [0.1, 0.15) is 11.5 Å². The second kappa shape index (κ2) is 11.6. The summed E-state index contributed by atoms with van der Waals surface area (Å²) in [4.78, 5) is 23.4. The highest BCUT2D eigenvalue weighted by molar-refractivity contribution is 5.70. The Balaban J connectivity index is 1.45. The van der Waals surface area contributed by atoms with Crippen molar-refractivity contribution in [2.24, 2.45) is 0 Å². The van der Waals surface area contributed by atoms with Gasteiger partial charge in [-0.15, -0.1) is 0 Å². The number of nitrogens with one attached hydrogen (secondary N) is 2. The van der Waals surface area contributed by atoms with Crippen molar-refractivity contribution < 1.29 is 19.1 Å². The van der Waals surface area contributed by atoms with Gasteiger partial charge in [-0.2, -0.15) is 0 Å². The van der Waals surface area contributed by atoms with E-state index in [-0.39, 0.29) is 0 Å². The van der Waals surface area contributed by atoms with E-state index in [0.717, 1.165) is 36.8 Å². The third-order valence-corrected chi connectivity index (χ3v) is 4.11. The van der Waals surface area contributed by atoms with Gasteiger partial charge in [0.15, 0.2) is 0 Å². The van der Waals surface area contributed by atoms with Gasteiger partial charge in [-0.05, 0) is 51.0 Å². The monoisotopic (exact) mass is 384 g/mol. The van der Waals surface area contributed by atoms with E-state index in [2.05, 4.69) is 10.6 Å². The van der Waals surface area contributed by atoms with E-state index in [1.54, 1.807) is 24.3 Å². The van der Waals surface area contributed by atoms with E-state index in [1.165, 1.54) is 0 Å². The summed E-state index contributed by atoms with van der Waals surface area (Å²) in [7, 11) is 0. The molecular weight excluding hydrogens is 356 g/mol. The molecule has 28 heavy (non-hydrogen) atoms. The minimum atomic E-state index is -0.440. The van der Waals surface area contributed by atoms with Crippen LogP contribution in [0.15, 0.2) is 48.5 Å². The Bertz CT molecular complexity index is 677. The molecule has 0 bridgehead atoms. The van der Waals surface area contributed by atoms with E-state index in [4.69, 9.17) is 9.47 Å². The molecule has 0 spiro atoms. The smallest absolute Gasteiger partial charge is 0.410 e. The van der Waals surface area contributed by atoms with Crippen molar-refractivity contribution >= 4 is 12.2 Å². The largest absolute Gasteiger partial charge is 0.412 e. The summed E-state index contributed by atoms with van der Waals surface area (Å²) < 4.78 is 10.4. The molecule has 2 aromatic carbocycles. The molecule has 2 N–H and O–H groups in total. The molecule has 0 aliphatic rings. The summed E-state index contributed by atoms with van der Waals surface area (Å²) >= 11 is 0. The van der Waals surface area contributed by atoms with Crippen LogP contribution < -0.4 is 20.1 Å². The van der Waals surface area contributed by atoms with Crippen LogP contribution in [0.5, 0.6) is 11.5 Å². The summed E-state index contributed by atoms with van der Waals surface area (Å²) in [6.45, 7) is 5.08. The Hall–Kier alpha value is -3.02. The molecule has 150 valence electrons. The van der Waals surface area contributed by atoms with Crippen LogP contribution in [0.2, 0.25) is 0 Å². The highest BCUT2D eigenvalue weighted by Crippen LogP contribution is 2.12. The first kappa shape index (κ1) is 21.3. The zero-order chi connectivity index (χ0) is 20.2. The van der Waals surface area contributed by atoms with Crippen LogP contribution in [0.1, 0.15) is 36.8 Å². The van der Waals surface area contributed by atoms with Crippen molar-refractivity contribution in [2.45, 2.75) is 39.5 Å². The minimum Gasteiger partial charge on any atom is -0.410 e. The second-order valence-corrected chi connectivity index (χ2v) is 6.67. The van der Waals surface area contributed by atoms with Gasteiger partial charge in [0, 0.05) is 13.1 Å². The molecule has 0 aromatic heterocycles. The Labute approximate surface area is 166 Å². The second-order valence-electron chi connectivity index (χ2n) is 6.67. The summed E-state index contributed by atoms with van der Waals surface area (Å²) in [6, 6.07) is 14.7. The maximum Gasteiger partial charge on any atom is 0.412 e. The summed E-state index contributed by atoms with van der Waals surface area (Å²) in [5.74, 6) is 1.07. The van der Waals surface area contributed by atoms with Gasteiger partial charge in [0.25, 0.3) is 0 Å². The molecule has 0 aliphatic carbocycles. The van der Waals surface area contributed by atoms with Gasteiger partial charge in [-0.1, -0.05) is 48.2 Å². The van der Waals surface area contributed by atoms with Crippen molar-refractivity contribution in [3.63, 3.8) is 0 Å². The number of carbonyl (C=O) groups excluding carboxylic acids is 2. The number of rotatable bonds is 9. The Morgan fingerprint density at radius 3 is 1.36 bits per heavy atom. The van der Waals surface area contributed by atoms with Gasteiger partial charge < -0.3 is 20.1 Å². The number of ether oxygens (including phenoxy) is 2. The maximum absolute atomic E-state index is 11.7. The number of hydrogen-bond donors (Lipinski definition) is 2. The van der Waals surface area contributed by atoms with Crippen LogP contribution in [0.4, 0.5) is 9.59 Å². The summed E-state index contributed by atoms with van der Waals surface area (Å²) in [6.07, 6.45) is 2.75. The molecular formula is C22H28N2O4. The molecule has 0 atom stereocenters. The standard InChI is InChI=1S/C22H28N2O4/c1-17-7-11-19(12-8-17)27-21(25)23-15-5-3-4-6-16-24-22(26)28-20-13-9-18(2)10-14-20/h7-14H,3-6,15-16H2,1-2H3,(H,23,25)(H,24,26). The Morgan fingerprint density at radius 2 is 1.00 bits per heavy atom. The van der Waals surface area contributed by atoms with Crippen LogP contribution in [0.3, 0.4) is 0 Å². The van der Waals surface area contributed by atoms with Gasteiger partial charge in [-0.3, -0.25) is 0 Å². The fourth-order valence-electron chi connectivity index (χ4n) is 2.48. The summed E-state index contributed by atoms with van der Waals surface area (Å²) in [5.41, 5.74) is 2.23. The fraction of sp³-hybridized carbons (Fsp3) is 0.364. The van der Waals surface area contributed by atoms with Crippen LogP contribution in [0.25, 0.3) is 0 Å². The molecule has 6 nitrogen and oxygen atoms in total. The van der Waals surface area contributed by atoms with E-state index < -0.39 is 12.2 Å². The fourth-order valence-corrected chi connectivity index (χ4v) is 2.48. The lowest BCUT2D eigenvalue weighted by molar-refractivity contribution is 0.198. The van der Waals surface area contributed by atoms with E-state index in [0.29, 0.717) is 24.6 Å². The molecule has 6 heteroatoms. The quantitative estimate of drug-likeness (QED) is 0.612. The zero-order valence-corrected chi connectivity index (χ0v) is 16.5. The molecule has 2 rings (SSSR count). The molecule has 0 saturated heterocycles. The molecule has 0 fully saturated rings. The number of hydrogen-bond acceptors (Lipinski definition) is 4. The first-order valence-corrected chi connectivity index (χ1v) is 9.57. The molecule has 0 radical (unpaired) electrons. The molecule has 0 unspecified atom stereocenters. The molecule has 0 saturated carbocycles. The van der Waals surface area contributed by atoms with Crippen LogP contribution in [0, 0.1) is 13.8 Å². The first-order chi connectivity index (χ1) is 13.5. The van der Waals surface area contributed by atoms with E-state index >= 15 is 0 Å². The molecule has 0 heterocycles. The normalized spacial score (nSPS) is 10.2. The van der Waals surface area contributed by atoms with Gasteiger partial charge in [0.05, 0.1) is 0 Å². The average Bonchev–Trinajstić information content (AvgIpc) is 2.67. The van der Waals surface area contributed by atoms with Crippen molar-refractivity contribution in [2.75, 3.05) is 13.1 Å². The number of unbranched alkanes of at least 4 members (excludes halogenated alkanes) is 3. The number of benzene rings is 2. The lowest BCUT2D eigenvalue weighted by atomic mass is 10.2. The first-order valence-electron chi connectivity index (χ1n) is 9.57. The van der Waals surface area contributed by atoms with Crippen molar-refractivity contribution in [1.82, 2.24) is 10.6 Å². The van der Waals surface area contributed by atoms with Gasteiger partial charge >= 0.3 is 12.2 Å². The van der Waals surface area contributed by atoms with Crippen LogP contribution in [-0.4, -0.2) is 25.3 Å². The highest BCUT2D eigenvalue weighted by Gasteiger charge is 2.04. The maximum atomic E-state index is 11.7. The molecule has 2 aromatic rings.